The zero-order valence-electron chi connectivity index (χ0n) is 6.46. The lowest BCUT2D eigenvalue weighted by Gasteiger charge is -2.03. The molecule has 0 amide bonds. The second-order valence-corrected chi connectivity index (χ2v) is 3.40. The van der Waals surface area contributed by atoms with Crippen LogP contribution < -0.4 is 0 Å². The molecule has 1 saturated carbocycles. The molecule has 0 aliphatic heterocycles. The van der Waals surface area contributed by atoms with Crippen molar-refractivity contribution in [3.05, 3.63) is 24.0 Å². The molecular weight excluding hydrogens is 136 g/mol. The van der Waals surface area contributed by atoms with Gasteiger partial charge in [0.15, 0.2) is 0 Å². The van der Waals surface area contributed by atoms with Gasteiger partial charge in [0, 0.05) is 17.8 Å². The van der Waals surface area contributed by atoms with E-state index in [2.05, 4.69) is 24.0 Å². The second kappa shape index (κ2) is 1.88. The average molecular weight is 146 g/mol. The fourth-order valence-electron chi connectivity index (χ4n) is 1.55. The molecule has 2 rings (SSSR count). The summed E-state index contributed by atoms with van der Waals surface area (Å²) >= 11 is 0. The Bertz CT molecular complexity index is 294. The third-order valence-corrected chi connectivity index (χ3v) is 2.65. The molecule has 2 unspecified atom stereocenters. The van der Waals surface area contributed by atoms with Crippen molar-refractivity contribution in [1.29, 1.82) is 5.26 Å². The van der Waals surface area contributed by atoms with Crippen molar-refractivity contribution in [3.63, 3.8) is 0 Å². The van der Waals surface area contributed by atoms with E-state index in [1.54, 1.807) is 0 Å². The van der Waals surface area contributed by atoms with Gasteiger partial charge < -0.3 is 4.98 Å². The van der Waals surface area contributed by atoms with Gasteiger partial charge in [-0.1, -0.05) is 6.92 Å². The summed E-state index contributed by atoms with van der Waals surface area (Å²) in [7, 11) is 0. The minimum Gasteiger partial charge on any atom is -0.367 e. The molecule has 0 spiro atoms. The van der Waals surface area contributed by atoms with Crippen molar-refractivity contribution in [2.24, 2.45) is 5.92 Å². The van der Waals surface area contributed by atoms with E-state index >= 15 is 0 Å². The maximum Gasteiger partial charge on any atom is 0.0665 e. The average Bonchev–Trinajstić information content (AvgIpc) is 2.55. The van der Waals surface area contributed by atoms with Crippen LogP contribution in [0.4, 0.5) is 0 Å². The van der Waals surface area contributed by atoms with Gasteiger partial charge in [0.1, 0.15) is 0 Å². The minimum absolute atomic E-state index is 0.148. The molecule has 1 fully saturated rings. The van der Waals surface area contributed by atoms with Crippen LogP contribution in [-0.2, 0) is 5.41 Å². The number of nitrogens with zero attached hydrogens (tertiary/aromatic N) is 1. The third-order valence-electron chi connectivity index (χ3n) is 2.65. The standard InChI is InChI=1S/C9H10N2/c1-9(4-8(9)5-10)7-2-3-11-6-7/h2-3,6,8,11H,4H2,1H3. The van der Waals surface area contributed by atoms with E-state index in [1.165, 1.54) is 5.56 Å². The van der Waals surface area contributed by atoms with Crippen LogP contribution in [0, 0.1) is 17.2 Å². The molecule has 2 nitrogen and oxygen atoms in total. The maximum absolute atomic E-state index is 8.68. The molecule has 1 heterocycles. The first kappa shape index (κ1) is 6.48. The van der Waals surface area contributed by atoms with Gasteiger partial charge >= 0.3 is 0 Å². The quantitative estimate of drug-likeness (QED) is 0.644. The molecule has 1 aliphatic rings. The molecule has 1 N–H and O–H groups in total. The molecule has 0 aromatic carbocycles. The van der Waals surface area contributed by atoms with Crippen LogP contribution in [0.5, 0.6) is 0 Å². The van der Waals surface area contributed by atoms with Gasteiger partial charge in [-0.3, -0.25) is 0 Å². The number of aromatic amines is 1. The molecule has 2 atom stereocenters. The van der Waals surface area contributed by atoms with E-state index in [1.807, 2.05) is 12.4 Å². The Morgan fingerprint density at radius 3 is 3.09 bits per heavy atom. The van der Waals surface area contributed by atoms with Crippen LogP contribution in [0.3, 0.4) is 0 Å². The zero-order chi connectivity index (χ0) is 7.90. The molecule has 2 heteroatoms. The predicted molar refractivity (Wildman–Crippen MR) is 41.9 cm³/mol. The maximum atomic E-state index is 8.68. The summed E-state index contributed by atoms with van der Waals surface area (Å²) < 4.78 is 0. The fraction of sp³-hybridized carbons (Fsp3) is 0.444. The monoisotopic (exact) mass is 146 g/mol. The Morgan fingerprint density at radius 2 is 2.64 bits per heavy atom. The first-order valence-electron chi connectivity index (χ1n) is 3.80. The van der Waals surface area contributed by atoms with Crippen LogP contribution in [0.15, 0.2) is 18.5 Å². The second-order valence-electron chi connectivity index (χ2n) is 3.40. The van der Waals surface area contributed by atoms with Gasteiger partial charge in [-0.15, -0.1) is 0 Å². The topological polar surface area (TPSA) is 39.6 Å². The molecule has 0 saturated heterocycles. The zero-order valence-corrected chi connectivity index (χ0v) is 6.46. The molecule has 1 aromatic heterocycles. The number of hydrogen-bond donors (Lipinski definition) is 1. The van der Waals surface area contributed by atoms with Crippen molar-refractivity contribution < 1.29 is 0 Å². The van der Waals surface area contributed by atoms with Gasteiger partial charge in [-0.05, 0) is 18.1 Å². The van der Waals surface area contributed by atoms with E-state index in [4.69, 9.17) is 5.26 Å². The van der Waals surface area contributed by atoms with E-state index < -0.39 is 0 Å². The first-order chi connectivity index (χ1) is 5.27. The fourth-order valence-corrected chi connectivity index (χ4v) is 1.55. The Hall–Kier alpha value is -1.23. The van der Waals surface area contributed by atoms with Gasteiger partial charge in [-0.2, -0.15) is 5.26 Å². The van der Waals surface area contributed by atoms with Crippen molar-refractivity contribution in [2.75, 3.05) is 0 Å². The summed E-state index contributed by atoms with van der Waals surface area (Å²) in [6, 6.07) is 4.36. The Kier molecular flexibility index (Phi) is 1.11. The smallest absolute Gasteiger partial charge is 0.0665 e. The number of nitriles is 1. The highest BCUT2D eigenvalue weighted by Crippen LogP contribution is 2.53. The van der Waals surface area contributed by atoms with Gasteiger partial charge in [0.2, 0.25) is 0 Å². The number of hydrogen-bond acceptors (Lipinski definition) is 1. The lowest BCUT2D eigenvalue weighted by atomic mass is 9.99. The van der Waals surface area contributed by atoms with Crippen molar-refractivity contribution in [1.82, 2.24) is 4.98 Å². The summed E-state index contributed by atoms with van der Waals surface area (Å²) in [5.74, 6) is 0.235. The molecule has 0 radical (unpaired) electrons. The summed E-state index contributed by atoms with van der Waals surface area (Å²) in [6.07, 6.45) is 4.91. The molecule has 56 valence electrons. The van der Waals surface area contributed by atoms with Crippen LogP contribution in [0.25, 0.3) is 0 Å². The van der Waals surface area contributed by atoms with E-state index in [0.717, 1.165) is 6.42 Å². The predicted octanol–water partition coefficient (Wildman–Crippen LogP) is 1.82. The van der Waals surface area contributed by atoms with Crippen molar-refractivity contribution in [2.45, 2.75) is 18.8 Å². The Morgan fingerprint density at radius 1 is 1.82 bits per heavy atom. The lowest BCUT2D eigenvalue weighted by molar-refractivity contribution is 0.743. The number of aromatic nitrogens is 1. The summed E-state index contributed by atoms with van der Waals surface area (Å²) in [4.78, 5) is 3.01. The van der Waals surface area contributed by atoms with Crippen LogP contribution in [-0.4, -0.2) is 4.98 Å². The van der Waals surface area contributed by atoms with Gasteiger partial charge in [0.05, 0.1) is 12.0 Å². The molecule has 1 aliphatic carbocycles. The van der Waals surface area contributed by atoms with Crippen LogP contribution in [0.1, 0.15) is 18.9 Å². The normalized spacial score (nSPS) is 34.7. The van der Waals surface area contributed by atoms with E-state index in [0.29, 0.717) is 0 Å². The first-order valence-corrected chi connectivity index (χ1v) is 3.80. The largest absolute Gasteiger partial charge is 0.367 e. The summed E-state index contributed by atoms with van der Waals surface area (Å²) in [5.41, 5.74) is 1.42. The Balaban J connectivity index is 2.28. The highest BCUT2D eigenvalue weighted by atomic mass is 14.7. The molecule has 11 heavy (non-hydrogen) atoms. The number of nitrogens with one attached hydrogen (secondary N) is 1. The van der Waals surface area contributed by atoms with Gasteiger partial charge in [0.25, 0.3) is 0 Å². The number of H-pyrrole nitrogens is 1. The SMILES string of the molecule is CC1(c2cc[nH]c2)CC1C#N. The van der Waals surface area contributed by atoms with E-state index in [-0.39, 0.29) is 11.3 Å². The molecule has 1 aromatic rings. The lowest BCUT2D eigenvalue weighted by Crippen LogP contribution is -2.00. The van der Waals surface area contributed by atoms with E-state index in [9.17, 15) is 0 Å². The number of rotatable bonds is 1. The van der Waals surface area contributed by atoms with Crippen molar-refractivity contribution >= 4 is 0 Å². The Labute approximate surface area is 65.9 Å². The highest BCUT2D eigenvalue weighted by Gasteiger charge is 2.51. The minimum atomic E-state index is 0.148. The van der Waals surface area contributed by atoms with Crippen molar-refractivity contribution in [3.8, 4) is 6.07 Å². The third kappa shape index (κ3) is 0.775. The summed E-state index contributed by atoms with van der Waals surface area (Å²) in [5, 5.41) is 8.68. The molecule has 0 bridgehead atoms. The van der Waals surface area contributed by atoms with Crippen LogP contribution in [0.2, 0.25) is 0 Å². The van der Waals surface area contributed by atoms with Crippen LogP contribution >= 0.6 is 0 Å². The van der Waals surface area contributed by atoms with Gasteiger partial charge in [-0.25, -0.2) is 0 Å². The molecular formula is C9H10N2. The summed E-state index contributed by atoms with van der Waals surface area (Å²) in [6.45, 7) is 2.14. The highest BCUT2D eigenvalue weighted by molar-refractivity contribution is 5.33.